The van der Waals surface area contributed by atoms with Crippen LogP contribution in [-0.4, -0.2) is 36.1 Å². The molecule has 0 atom stereocenters. The second-order valence-corrected chi connectivity index (χ2v) is 6.75. The Hall–Kier alpha value is -2.33. The van der Waals surface area contributed by atoms with Crippen molar-refractivity contribution in [2.45, 2.75) is 39.8 Å². The highest BCUT2D eigenvalue weighted by Crippen LogP contribution is 2.20. The molecule has 4 heteroatoms. The summed E-state index contributed by atoms with van der Waals surface area (Å²) in [6.45, 7) is 10.2. The maximum Gasteiger partial charge on any atom is 0.319 e. The molecule has 0 aliphatic carbocycles. The minimum absolute atomic E-state index is 0.167. The summed E-state index contributed by atoms with van der Waals surface area (Å²) < 4.78 is 0. The van der Waals surface area contributed by atoms with Gasteiger partial charge in [-0.05, 0) is 51.0 Å². The summed E-state index contributed by atoms with van der Waals surface area (Å²) in [5.74, 6) is 0. The van der Waals surface area contributed by atoms with Crippen LogP contribution in [0.2, 0.25) is 0 Å². The van der Waals surface area contributed by atoms with Crippen LogP contribution in [0, 0.1) is 0 Å². The Morgan fingerprint density at radius 3 is 2.00 bits per heavy atom. The highest BCUT2D eigenvalue weighted by Gasteiger charge is 2.13. The standard InChI is InChI=1S/C21H29N3O/c1-16(2)24(17(3)4)15-14-22-21(25)23-20-12-10-19(11-13-20)18-8-6-5-7-9-18/h5-13,16-17H,14-15H2,1-4H3,(H2,22,23,25). The van der Waals surface area contributed by atoms with Crippen molar-refractivity contribution in [2.24, 2.45) is 0 Å². The van der Waals surface area contributed by atoms with E-state index < -0.39 is 0 Å². The predicted octanol–water partition coefficient (Wildman–Crippen LogP) is 4.59. The number of hydrogen-bond acceptors (Lipinski definition) is 2. The van der Waals surface area contributed by atoms with Crippen molar-refractivity contribution < 1.29 is 4.79 Å². The molecule has 0 saturated heterocycles. The first-order valence-electron chi connectivity index (χ1n) is 8.93. The van der Waals surface area contributed by atoms with Gasteiger partial charge in [-0.1, -0.05) is 42.5 Å². The average molecular weight is 339 g/mol. The van der Waals surface area contributed by atoms with E-state index in [-0.39, 0.29) is 6.03 Å². The molecule has 0 radical (unpaired) electrons. The summed E-state index contributed by atoms with van der Waals surface area (Å²) in [7, 11) is 0. The number of urea groups is 1. The summed E-state index contributed by atoms with van der Waals surface area (Å²) in [5.41, 5.74) is 3.10. The molecule has 25 heavy (non-hydrogen) atoms. The molecule has 2 rings (SSSR count). The van der Waals surface area contributed by atoms with E-state index in [1.54, 1.807) is 0 Å². The fourth-order valence-corrected chi connectivity index (χ4v) is 2.96. The van der Waals surface area contributed by atoms with Gasteiger partial charge in [-0.2, -0.15) is 0 Å². The zero-order chi connectivity index (χ0) is 18.2. The molecule has 134 valence electrons. The van der Waals surface area contributed by atoms with Crippen LogP contribution in [0.4, 0.5) is 10.5 Å². The largest absolute Gasteiger partial charge is 0.337 e. The van der Waals surface area contributed by atoms with E-state index in [4.69, 9.17) is 0 Å². The summed E-state index contributed by atoms with van der Waals surface area (Å²) in [6.07, 6.45) is 0. The van der Waals surface area contributed by atoms with E-state index in [1.807, 2.05) is 42.5 Å². The number of carbonyl (C=O) groups is 1. The Bertz CT molecular complexity index is 643. The minimum Gasteiger partial charge on any atom is -0.337 e. The molecule has 0 aliphatic heterocycles. The molecule has 0 aromatic heterocycles. The molecule has 0 unspecified atom stereocenters. The second kappa shape index (κ2) is 9.23. The van der Waals surface area contributed by atoms with Crippen LogP contribution in [0.15, 0.2) is 54.6 Å². The SMILES string of the molecule is CC(C)N(CCNC(=O)Nc1ccc(-c2ccccc2)cc1)C(C)C. The van der Waals surface area contributed by atoms with Crippen molar-refractivity contribution in [3.8, 4) is 11.1 Å². The average Bonchev–Trinajstić information content (AvgIpc) is 2.59. The van der Waals surface area contributed by atoms with E-state index in [0.29, 0.717) is 18.6 Å². The quantitative estimate of drug-likeness (QED) is 0.774. The van der Waals surface area contributed by atoms with Crippen molar-refractivity contribution in [1.29, 1.82) is 0 Å². The molecular formula is C21H29N3O. The fraction of sp³-hybridized carbons (Fsp3) is 0.381. The van der Waals surface area contributed by atoms with Gasteiger partial charge >= 0.3 is 6.03 Å². The van der Waals surface area contributed by atoms with E-state index in [9.17, 15) is 4.79 Å². The van der Waals surface area contributed by atoms with Gasteiger partial charge in [-0.15, -0.1) is 0 Å². The summed E-state index contributed by atoms with van der Waals surface area (Å²) in [4.78, 5) is 14.4. The van der Waals surface area contributed by atoms with Crippen LogP contribution >= 0.6 is 0 Å². The number of amides is 2. The fourth-order valence-electron chi connectivity index (χ4n) is 2.96. The number of carbonyl (C=O) groups excluding carboxylic acids is 1. The minimum atomic E-state index is -0.167. The number of hydrogen-bond donors (Lipinski definition) is 2. The van der Waals surface area contributed by atoms with Gasteiger partial charge in [0.05, 0.1) is 0 Å². The maximum absolute atomic E-state index is 12.0. The van der Waals surface area contributed by atoms with Crippen LogP contribution in [0.5, 0.6) is 0 Å². The highest BCUT2D eigenvalue weighted by atomic mass is 16.2. The maximum atomic E-state index is 12.0. The van der Waals surface area contributed by atoms with Gasteiger partial charge in [0.25, 0.3) is 0 Å². The Morgan fingerprint density at radius 1 is 0.880 bits per heavy atom. The first-order chi connectivity index (χ1) is 12.0. The van der Waals surface area contributed by atoms with Gasteiger partial charge in [0.1, 0.15) is 0 Å². The number of anilines is 1. The van der Waals surface area contributed by atoms with Crippen LogP contribution in [-0.2, 0) is 0 Å². The van der Waals surface area contributed by atoms with Crippen molar-refractivity contribution >= 4 is 11.7 Å². The summed E-state index contributed by atoms with van der Waals surface area (Å²) in [5, 5.41) is 5.81. The molecule has 0 aliphatic rings. The number of nitrogens with zero attached hydrogens (tertiary/aromatic N) is 1. The highest BCUT2D eigenvalue weighted by molar-refractivity contribution is 5.89. The van der Waals surface area contributed by atoms with Crippen molar-refractivity contribution in [2.75, 3.05) is 18.4 Å². The molecule has 2 aromatic carbocycles. The van der Waals surface area contributed by atoms with Crippen LogP contribution in [0.1, 0.15) is 27.7 Å². The van der Waals surface area contributed by atoms with Crippen molar-refractivity contribution in [1.82, 2.24) is 10.2 Å². The van der Waals surface area contributed by atoms with Crippen molar-refractivity contribution in [3.63, 3.8) is 0 Å². The van der Waals surface area contributed by atoms with E-state index in [2.05, 4.69) is 55.4 Å². The third kappa shape index (κ3) is 5.91. The molecule has 4 nitrogen and oxygen atoms in total. The lowest BCUT2D eigenvalue weighted by Gasteiger charge is -2.30. The molecule has 0 bridgehead atoms. The Labute approximate surface area is 151 Å². The molecule has 2 N–H and O–H groups in total. The summed E-state index contributed by atoms with van der Waals surface area (Å²) >= 11 is 0. The van der Waals surface area contributed by atoms with Gasteiger partial charge in [-0.25, -0.2) is 4.79 Å². The lowest BCUT2D eigenvalue weighted by Crippen LogP contribution is -2.43. The first-order valence-corrected chi connectivity index (χ1v) is 8.93. The number of nitrogens with one attached hydrogen (secondary N) is 2. The van der Waals surface area contributed by atoms with Gasteiger partial charge in [-0.3, -0.25) is 4.90 Å². The Morgan fingerprint density at radius 2 is 1.44 bits per heavy atom. The van der Waals surface area contributed by atoms with Crippen LogP contribution in [0.25, 0.3) is 11.1 Å². The van der Waals surface area contributed by atoms with Crippen LogP contribution in [0.3, 0.4) is 0 Å². The zero-order valence-electron chi connectivity index (χ0n) is 15.6. The first kappa shape index (κ1) is 19.0. The third-order valence-corrected chi connectivity index (χ3v) is 4.23. The normalized spacial score (nSPS) is 11.2. The third-order valence-electron chi connectivity index (χ3n) is 4.23. The van der Waals surface area contributed by atoms with Gasteiger partial charge in [0.2, 0.25) is 0 Å². The van der Waals surface area contributed by atoms with Gasteiger partial charge < -0.3 is 10.6 Å². The van der Waals surface area contributed by atoms with Crippen molar-refractivity contribution in [3.05, 3.63) is 54.6 Å². The second-order valence-electron chi connectivity index (χ2n) is 6.75. The van der Waals surface area contributed by atoms with E-state index >= 15 is 0 Å². The predicted molar refractivity (Wildman–Crippen MR) is 106 cm³/mol. The topological polar surface area (TPSA) is 44.4 Å². The van der Waals surface area contributed by atoms with Gasteiger partial charge in [0.15, 0.2) is 0 Å². The molecule has 0 saturated carbocycles. The monoisotopic (exact) mass is 339 g/mol. The Balaban J connectivity index is 1.83. The van der Waals surface area contributed by atoms with Crippen LogP contribution < -0.4 is 10.6 Å². The number of benzene rings is 2. The lowest BCUT2D eigenvalue weighted by molar-refractivity contribution is 0.176. The smallest absolute Gasteiger partial charge is 0.319 e. The molecule has 2 amide bonds. The van der Waals surface area contributed by atoms with Gasteiger partial charge in [0, 0.05) is 30.9 Å². The van der Waals surface area contributed by atoms with E-state index in [0.717, 1.165) is 17.8 Å². The Kier molecular flexibility index (Phi) is 7.02. The molecule has 0 heterocycles. The molecule has 0 fully saturated rings. The molecular weight excluding hydrogens is 310 g/mol. The molecule has 2 aromatic rings. The summed E-state index contributed by atoms with van der Waals surface area (Å²) in [6, 6.07) is 18.9. The number of rotatable bonds is 7. The van der Waals surface area contributed by atoms with E-state index in [1.165, 1.54) is 5.56 Å². The lowest BCUT2D eigenvalue weighted by atomic mass is 10.1. The molecule has 0 spiro atoms. The zero-order valence-corrected chi connectivity index (χ0v) is 15.6.